The Morgan fingerprint density at radius 2 is 1.80 bits per heavy atom. The fourth-order valence-electron chi connectivity index (χ4n) is 5.47. The van der Waals surface area contributed by atoms with Gasteiger partial charge in [-0.15, -0.1) is 0 Å². The second-order valence-electron chi connectivity index (χ2n) is 9.84. The molecule has 208 valence electrons. The number of pyridine rings is 1. The summed E-state index contributed by atoms with van der Waals surface area (Å²) in [6.45, 7) is 3.15. The van der Waals surface area contributed by atoms with Gasteiger partial charge in [0.15, 0.2) is 0 Å². The van der Waals surface area contributed by atoms with Gasteiger partial charge in [0.2, 0.25) is 0 Å². The molecule has 2 aliphatic heterocycles. The van der Waals surface area contributed by atoms with Gasteiger partial charge in [-0.3, -0.25) is 19.3 Å². The molecular formula is C29H29Cl2N5O4. The molecule has 1 aromatic heterocycles. The molecule has 40 heavy (non-hydrogen) atoms. The molecular weight excluding hydrogens is 553 g/mol. The number of hydrogen-bond acceptors (Lipinski definition) is 6. The number of fused-ring (bicyclic) bond motifs is 1. The fourth-order valence-corrected chi connectivity index (χ4v) is 5.88. The number of anilines is 2. The van der Waals surface area contributed by atoms with Crippen LogP contribution in [0.2, 0.25) is 10.0 Å². The van der Waals surface area contributed by atoms with Crippen LogP contribution in [0, 0.1) is 0 Å². The average Bonchev–Trinajstić information content (AvgIpc) is 3.13. The number of halogens is 2. The number of hydrogen-bond donors (Lipinski definition) is 3. The highest BCUT2D eigenvalue weighted by Gasteiger charge is 2.39. The number of carbonyl (C=O) groups is 3. The van der Waals surface area contributed by atoms with Crippen LogP contribution in [-0.2, 0) is 4.79 Å². The molecule has 0 radical (unpaired) electrons. The van der Waals surface area contributed by atoms with E-state index >= 15 is 0 Å². The molecule has 1 saturated heterocycles. The lowest BCUT2D eigenvalue weighted by atomic mass is 9.86. The number of aliphatic carboxylic acids is 1. The SMILES string of the molecule is O=C(Nc1ccc(C(=O)N2CCCC(C(C(=O)O)N3CCNCC3)c3cc(Cl)ccc32)cn1)c1ccccc1Cl. The lowest BCUT2D eigenvalue weighted by Crippen LogP contribution is -2.53. The molecule has 2 unspecified atom stereocenters. The Bertz CT molecular complexity index is 1410. The predicted molar refractivity (Wildman–Crippen MR) is 155 cm³/mol. The zero-order valence-electron chi connectivity index (χ0n) is 21.6. The monoisotopic (exact) mass is 581 g/mol. The number of nitrogens with one attached hydrogen (secondary N) is 2. The number of amides is 2. The maximum Gasteiger partial charge on any atom is 0.321 e. The van der Waals surface area contributed by atoms with Gasteiger partial charge in [0, 0.05) is 55.5 Å². The van der Waals surface area contributed by atoms with E-state index < -0.39 is 17.9 Å². The van der Waals surface area contributed by atoms with Crippen molar-refractivity contribution in [3.05, 3.63) is 87.5 Å². The van der Waals surface area contributed by atoms with Crippen molar-refractivity contribution in [2.75, 3.05) is 42.9 Å². The Labute approximate surface area is 242 Å². The maximum absolute atomic E-state index is 13.7. The maximum atomic E-state index is 13.7. The number of piperazine rings is 1. The lowest BCUT2D eigenvalue weighted by molar-refractivity contribution is -0.144. The van der Waals surface area contributed by atoms with Crippen LogP contribution >= 0.6 is 23.2 Å². The predicted octanol–water partition coefficient (Wildman–Crippen LogP) is 4.52. The minimum absolute atomic E-state index is 0.269. The Hall–Kier alpha value is -3.50. The molecule has 3 aromatic rings. The van der Waals surface area contributed by atoms with Crippen molar-refractivity contribution in [1.82, 2.24) is 15.2 Å². The van der Waals surface area contributed by atoms with Crippen molar-refractivity contribution in [2.24, 2.45) is 0 Å². The molecule has 2 aromatic carbocycles. The number of carboxylic acids is 1. The average molecular weight is 582 g/mol. The third-order valence-electron chi connectivity index (χ3n) is 7.37. The van der Waals surface area contributed by atoms with Crippen LogP contribution in [0.15, 0.2) is 60.8 Å². The van der Waals surface area contributed by atoms with E-state index in [1.807, 2.05) is 4.90 Å². The number of carbonyl (C=O) groups excluding carboxylic acids is 2. The summed E-state index contributed by atoms with van der Waals surface area (Å²) < 4.78 is 0. The molecule has 0 bridgehead atoms. The first kappa shape index (κ1) is 28.0. The molecule has 5 rings (SSSR count). The topological polar surface area (TPSA) is 115 Å². The number of nitrogens with zero attached hydrogens (tertiary/aromatic N) is 3. The highest BCUT2D eigenvalue weighted by molar-refractivity contribution is 6.34. The summed E-state index contributed by atoms with van der Waals surface area (Å²) in [5, 5.41) is 17.1. The Morgan fingerprint density at radius 3 is 2.50 bits per heavy atom. The minimum atomic E-state index is -0.878. The van der Waals surface area contributed by atoms with E-state index in [9.17, 15) is 19.5 Å². The van der Waals surface area contributed by atoms with Gasteiger partial charge >= 0.3 is 5.97 Å². The molecule has 2 atom stereocenters. The first-order chi connectivity index (χ1) is 19.3. The van der Waals surface area contributed by atoms with Crippen molar-refractivity contribution >= 4 is 52.5 Å². The summed E-state index contributed by atoms with van der Waals surface area (Å²) in [6, 6.07) is 14.4. The van der Waals surface area contributed by atoms with E-state index in [1.165, 1.54) is 6.20 Å². The molecule has 1 fully saturated rings. The van der Waals surface area contributed by atoms with E-state index in [4.69, 9.17) is 23.2 Å². The first-order valence-electron chi connectivity index (χ1n) is 13.1. The van der Waals surface area contributed by atoms with Gasteiger partial charge in [0.1, 0.15) is 11.9 Å². The van der Waals surface area contributed by atoms with Crippen molar-refractivity contribution in [2.45, 2.75) is 24.8 Å². The van der Waals surface area contributed by atoms with Crippen molar-refractivity contribution in [3.63, 3.8) is 0 Å². The number of benzene rings is 2. The summed E-state index contributed by atoms with van der Waals surface area (Å²) in [6.07, 6.45) is 2.64. The Balaban J connectivity index is 1.40. The van der Waals surface area contributed by atoms with Gasteiger partial charge in [-0.05, 0) is 60.9 Å². The number of carboxylic acid groups (broad SMARTS) is 1. The number of aromatic nitrogens is 1. The smallest absolute Gasteiger partial charge is 0.321 e. The van der Waals surface area contributed by atoms with Crippen LogP contribution in [0.5, 0.6) is 0 Å². The molecule has 2 amide bonds. The van der Waals surface area contributed by atoms with E-state index in [-0.39, 0.29) is 17.6 Å². The lowest BCUT2D eigenvalue weighted by Gasteiger charge is -2.37. The standard InChI is InChI=1S/C29H29Cl2N5O4/c30-19-8-9-24-22(16-19)20(26(29(39)40)35-14-11-32-12-15-35)5-3-13-36(24)28(38)18-7-10-25(33-17-18)34-27(37)21-4-1-2-6-23(21)31/h1-2,4,6-10,16-17,20,26,32H,3,5,11-15H2,(H,39,40)(H,33,34,37). The number of rotatable bonds is 6. The third-order valence-corrected chi connectivity index (χ3v) is 7.94. The van der Waals surface area contributed by atoms with Gasteiger partial charge in [0.05, 0.1) is 16.1 Å². The highest BCUT2D eigenvalue weighted by Crippen LogP contribution is 2.40. The van der Waals surface area contributed by atoms with Gasteiger partial charge in [0.25, 0.3) is 11.8 Å². The Kier molecular flexibility index (Phi) is 8.66. The zero-order chi connectivity index (χ0) is 28.2. The molecule has 3 N–H and O–H groups in total. The van der Waals surface area contributed by atoms with Crippen LogP contribution in [0.4, 0.5) is 11.5 Å². The van der Waals surface area contributed by atoms with Crippen molar-refractivity contribution < 1.29 is 19.5 Å². The van der Waals surface area contributed by atoms with Crippen LogP contribution in [0.1, 0.15) is 45.0 Å². The van der Waals surface area contributed by atoms with Gasteiger partial charge in [-0.25, -0.2) is 4.98 Å². The zero-order valence-corrected chi connectivity index (χ0v) is 23.2. The van der Waals surface area contributed by atoms with E-state index in [0.717, 1.165) is 18.7 Å². The molecule has 3 heterocycles. The summed E-state index contributed by atoms with van der Waals surface area (Å²) in [5.74, 6) is -1.60. The fraction of sp³-hybridized carbons (Fsp3) is 0.310. The molecule has 9 nitrogen and oxygen atoms in total. The highest BCUT2D eigenvalue weighted by atomic mass is 35.5. The van der Waals surface area contributed by atoms with E-state index in [1.54, 1.807) is 59.5 Å². The first-order valence-corrected chi connectivity index (χ1v) is 13.9. The molecule has 2 aliphatic rings. The minimum Gasteiger partial charge on any atom is -0.480 e. The largest absolute Gasteiger partial charge is 0.480 e. The molecule has 0 spiro atoms. The van der Waals surface area contributed by atoms with E-state index in [2.05, 4.69) is 15.6 Å². The summed E-state index contributed by atoms with van der Waals surface area (Å²) >= 11 is 12.5. The van der Waals surface area contributed by atoms with Gasteiger partial charge < -0.3 is 20.6 Å². The normalized spacial score (nSPS) is 18.4. The summed E-state index contributed by atoms with van der Waals surface area (Å²) in [4.78, 5) is 46.8. The summed E-state index contributed by atoms with van der Waals surface area (Å²) in [7, 11) is 0. The Morgan fingerprint density at radius 1 is 1.02 bits per heavy atom. The van der Waals surface area contributed by atoms with E-state index in [0.29, 0.717) is 59.3 Å². The second-order valence-corrected chi connectivity index (χ2v) is 10.7. The van der Waals surface area contributed by atoms with Crippen molar-refractivity contribution in [3.8, 4) is 0 Å². The molecule has 0 aliphatic carbocycles. The molecule has 11 heteroatoms. The van der Waals surface area contributed by atoms with Gasteiger partial charge in [-0.2, -0.15) is 0 Å². The van der Waals surface area contributed by atoms with Gasteiger partial charge in [-0.1, -0.05) is 35.3 Å². The summed E-state index contributed by atoms with van der Waals surface area (Å²) in [5.41, 5.74) is 2.06. The third kappa shape index (κ3) is 5.97. The second kappa shape index (κ2) is 12.3. The molecule has 0 saturated carbocycles. The van der Waals surface area contributed by atoms with Crippen molar-refractivity contribution in [1.29, 1.82) is 0 Å². The van der Waals surface area contributed by atoms with Crippen LogP contribution in [0.25, 0.3) is 0 Å². The quantitative estimate of drug-likeness (QED) is 0.392. The van der Waals surface area contributed by atoms with Crippen LogP contribution < -0.4 is 15.5 Å². The van der Waals surface area contributed by atoms with Crippen LogP contribution in [-0.4, -0.2) is 71.5 Å². The van der Waals surface area contributed by atoms with Crippen LogP contribution in [0.3, 0.4) is 0 Å².